The van der Waals surface area contributed by atoms with Gasteiger partial charge in [-0.2, -0.15) is 5.26 Å². The third kappa shape index (κ3) is 1.78. The van der Waals surface area contributed by atoms with Crippen LogP contribution < -0.4 is 4.90 Å². The van der Waals surface area contributed by atoms with Gasteiger partial charge in [0.05, 0.1) is 22.7 Å². The van der Waals surface area contributed by atoms with Crippen molar-refractivity contribution in [2.75, 3.05) is 11.4 Å². The molecule has 2 heterocycles. The second-order valence-corrected chi connectivity index (χ2v) is 5.20. The van der Waals surface area contributed by atoms with Crippen LogP contribution in [0.4, 0.5) is 5.95 Å². The number of benzene rings is 2. The predicted octanol–water partition coefficient (Wildman–Crippen LogP) is 2.57. The number of para-hydroxylation sites is 2. The highest BCUT2D eigenvalue weighted by Gasteiger charge is 2.28. The molecule has 0 bridgehead atoms. The zero-order valence-corrected chi connectivity index (χ0v) is 11.7. The van der Waals surface area contributed by atoms with Crippen LogP contribution in [0.2, 0.25) is 0 Å². The van der Waals surface area contributed by atoms with Gasteiger partial charge in [0.25, 0.3) is 5.91 Å². The summed E-state index contributed by atoms with van der Waals surface area (Å²) >= 11 is 0. The Hall–Kier alpha value is -3.13. The molecule has 0 aliphatic carbocycles. The first kappa shape index (κ1) is 12.6. The van der Waals surface area contributed by atoms with Crippen molar-refractivity contribution in [1.82, 2.24) is 9.55 Å². The van der Waals surface area contributed by atoms with E-state index in [4.69, 9.17) is 5.26 Å². The lowest BCUT2D eigenvalue weighted by atomic mass is 10.1. The Morgan fingerprint density at radius 1 is 1.09 bits per heavy atom. The highest BCUT2D eigenvalue weighted by Crippen LogP contribution is 2.28. The first-order valence-corrected chi connectivity index (χ1v) is 7.05. The fourth-order valence-electron chi connectivity index (χ4n) is 2.82. The van der Waals surface area contributed by atoms with E-state index in [9.17, 15) is 4.79 Å². The van der Waals surface area contributed by atoms with Crippen molar-refractivity contribution >= 4 is 22.9 Å². The number of anilines is 1. The van der Waals surface area contributed by atoms with Gasteiger partial charge in [-0.25, -0.2) is 4.98 Å². The number of rotatable bonds is 1. The van der Waals surface area contributed by atoms with E-state index in [0.29, 0.717) is 23.6 Å². The lowest BCUT2D eigenvalue weighted by Gasteiger charge is -2.13. The maximum Gasteiger partial charge on any atom is 0.260 e. The van der Waals surface area contributed by atoms with Crippen molar-refractivity contribution in [2.24, 2.45) is 0 Å². The van der Waals surface area contributed by atoms with Crippen LogP contribution in [0.3, 0.4) is 0 Å². The largest absolute Gasteiger partial charge is 0.308 e. The molecule has 5 nitrogen and oxygen atoms in total. The van der Waals surface area contributed by atoms with Crippen LogP contribution in [0.1, 0.15) is 15.9 Å². The molecule has 0 spiro atoms. The molecule has 106 valence electrons. The van der Waals surface area contributed by atoms with Crippen LogP contribution in [0.25, 0.3) is 11.0 Å². The normalized spacial score (nSPS) is 13.1. The maximum atomic E-state index is 12.7. The predicted molar refractivity (Wildman–Crippen MR) is 82.6 cm³/mol. The minimum absolute atomic E-state index is 0.0847. The van der Waals surface area contributed by atoms with E-state index < -0.39 is 0 Å². The Labute approximate surface area is 127 Å². The highest BCUT2D eigenvalue weighted by molar-refractivity contribution is 6.06. The van der Waals surface area contributed by atoms with Crippen LogP contribution in [0, 0.1) is 11.3 Å². The molecule has 0 N–H and O–H groups in total. The fourth-order valence-corrected chi connectivity index (χ4v) is 2.82. The Kier molecular flexibility index (Phi) is 2.70. The molecular weight excluding hydrogens is 276 g/mol. The summed E-state index contributed by atoms with van der Waals surface area (Å²) in [6.07, 6.45) is 0. The molecule has 0 unspecified atom stereocenters. The van der Waals surface area contributed by atoms with Crippen molar-refractivity contribution in [2.45, 2.75) is 6.54 Å². The highest BCUT2D eigenvalue weighted by atomic mass is 16.2. The molecule has 0 saturated carbocycles. The lowest BCUT2D eigenvalue weighted by Crippen LogP contribution is -2.29. The maximum absolute atomic E-state index is 12.7. The van der Waals surface area contributed by atoms with Crippen LogP contribution >= 0.6 is 0 Å². The van der Waals surface area contributed by atoms with Crippen molar-refractivity contribution in [3.05, 3.63) is 59.7 Å². The molecule has 1 aliphatic rings. The second-order valence-electron chi connectivity index (χ2n) is 5.20. The summed E-state index contributed by atoms with van der Waals surface area (Å²) in [7, 11) is 0. The van der Waals surface area contributed by atoms with Gasteiger partial charge in [-0.3, -0.25) is 9.69 Å². The number of carbonyl (C=O) groups excluding carboxylic acids is 1. The number of fused-ring (bicyclic) bond motifs is 3. The number of nitriles is 1. The second kappa shape index (κ2) is 4.71. The molecular formula is C17H12N4O. The van der Waals surface area contributed by atoms with Gasteiger partial charge in [-0.15, -0.1) is 0 Å². The van der Waals surface area contributed by atoms with Crippen LogP contribution in [0.15, 0.2) is 48.5 Å². The average molecular weight is 288 g/mol. The summed E-state index contributed by atoms with van der Waals surface area (Å²) in [5.41, 5.74) is 3.06. The fraction of sp³-hybridized carbons (Fsp3) is 0.118. The zero-order chi connectivity index (χ0) is 15.1. The summed E-state index contributed by atoms with van der Waals surface area (Å²) in [4.78, 5) is 18.9. The molecule has 1 aliphatic heterocycles. The SMILES string of the molecule is N#Cc1ccc(C(=O)N2CCn3c2nc2ccccc23)cc1. The van der Waals surface area contributed by atoms with E-state index in [-0.39, 0.29) is 5.91 Å². The topological polar surface area (TPSA) is 61.9 Å². The van der Waals surface area contributed by atoms with Gasteiger partial charge in [-0.1, -0.05) is 12.1 Å². The van der Waals surface area contributed by atoms with Crippen LogP contribution in [0.5, 0.6) is 0 Å². The summed E-state index contributed by atoms with van der Waals surface area (Å²) in [6, 6.07) is 16.6. The van der Waals surface area contributed by atoms with Crippen molar-refractivity contribution in [1.29, 1.82) is 5.26 Å². The van der Waals surface area contributed by atoms with Crippen molar-refractivity contribution < 1.29 is 4.79 Å². The summed E-state index contributed by atoms with van der Waals surface area (Å²) in [5.74, 6) is 0.606. The minimum Gasteiger partial charge on any atom is -0.308 e. The third-order valence-electron chi connectivity index (χ3n) is 3.93. The standard InChI is InChI=1S/C17H12N4O/c18-11-12-5-7-13(8-6-12)16(22)21-10-9-20-15-4-2-1-3-14(15)19-17(20)21/h1-8H,9-10H2. The summed E-state index contributed by atoms with van der Waals surface area (Å²) in [5, 5.41) is 8.83. The van der Waals surface area contributed by atoms with E-state index in [1.807, 2.05) is 24.3 Å². The smallest absolute Gasteiger partial charge is 0.260 e. The van der Waals surface area contributed by atoms with E-state index >= 15 is 0 Å². The minimum atomic E-state index is -0.0847. The molecule has 0 fully saturated rings. The lowest BCUT2D eigenvalue weighted by molar-refractivity contribution is 0.0989. The first-order valence-electron chi connectivity index (χ1n) is 7.05. The number of aromatic nitrogens is 2. The van der Waals surface area contributed by atoms with E-state index in [1.54, 1.807) is 29.2 Å². The summed E-state index contributed by atoms with van der Waals surface area (Å²) < 4.78 is 2.07. The van der Waals surface area contributed by atoms with Crippen LogP contribution in [-0.4, -0.2) is 22.0 Å². The van der Waals surface area contributed by atoms with Gasteiger partial charge in [0.1, 0.15) is 0 Å². The number of carbonyl (C=O) groups is 1. The van der Waals surface area contributed by atoms with Gasteiger partial charge in [0.2, 0.25) is 5.95 Å². The molecule has 0 radical (unpaired) electrons. The van der Waals surface area contributed by atoms with Gasteiger partial charge >= 0.3 is 0 Å². The summed E-state index contributed by atoms with van der Waals surface area (Å²) in [6.45, 7) is 1.36. The molecule has 5 heteroatoms. The average Bonchev–Trinajstić information content (AvgIpc) is 3.13. The molecule has 0 atom stereocenters. The molecule has 22 heavy (non-hydrogen) atoms. The number of nitrogens with zero attached hydrogens (tertiary/aromatic N) is 4. The van der Waals surface area contributed by atoms with E-state index in [1.165, 1.54) is 0 Å². The van der Waals surface area contributed by atoms with Gasteiger partial charge in [0.15, 0.2) is 0 Å². The number of hydrogen-bond acceptors (Lipinski definition) is 3. The van der Waals surface area contributed by atoms with Crippen molar-refractivity contribution in [3.8, 4) is 6.07 Å². The van der Waals surface area contributed by atoms with Crippen LogP contribution in [-0.2, 0) is 6.54 Å². The van der Waals surface area contributed by atoms with E-state index in [0.717, 1.165) is 17.6 Å². The number of hydrogen-bond donors (Lipinski definition) is 0. The first-order chi connectivity index (χ1) is 10.8. The van der Waals surface area contributed by atoms with E-state index in [2.05, 4.69) is 15.6 Å². The molecule has 2 aromatic carbocycles. The zero-order valence-electron chi connectivity index (χ0n) is 11.7. The molecule has 3 aromatic rings. The number of amides is 1. The molecule has 0 saturated heterocycles. The van der Waals surface area contributed by atoms with Gasteiger partial charge < -0.3 is 4.57 Å². The van der Waals surface area contributed by atoms with Crippen molar-refractivity contribution in [3.63, 3.8) is 0 Å². The van der Waals surface area contributed by atoms with Gasteiger partial charge in [-0.05, 0) is 36.4 Å². The quantitative estimate of drug-likeness (QED) is 0.691. The molecule has 1 aromatic heterocycles. The third-order valence-corrected chi connectivity index (χ3v) is 3.93. The Morgan fingerprint density at radius 2 is 1.86 bits per heavy atom. The monoisotopic (exact) mass is 288 g/mol. The Morgan fingerprint density at radius 3 is 2.64 bits per heavy atom. The van der Waals surface area contributed by atoms with Gasteiger partial charge in [0, 0.05) is 18.7 Å². The molecule has 1 amide bonds. The Balaban J connectivity index is 1.73. The number of imidazole rings is 1. The Bertz CT molecular complexity index is 918. The molecule has 4 rings (SSSR count).